The number of hydrogen-bond acceptors (Lipinski definition) is 3. The van der Waals surface area contributed by atoms with Crippen molar-refractivity contribution < 1.29 is 9.53 Å². The van der Waals surface area contributed by atoms with Crippen LogP contribution in [-0.4, -0.2) is 12.5 Å². The molecule has 0 bridgehead atoms. The summed E-state index contributed by atoms with van der Waals surface area (Å²) in [4.78, 5) is 11.6. The first-order chi connectivity index (χ1) is 10.2. The summed E-state index contributed by atoms with van der Waals surface area (Å²) in [5.41, 5.74) is 7.33. The van der Waals surface area contributed by atoms with E-state index in [4.69, 9.17) is 10.5 Å². The summed E-state index contributed by atoms with van der Waals surface area (Å²) in [7, 11) is 0. The van der Waals surface area contributed by atoms with Gasteiger partial charge in [-0.1, -0.05) is 17.7 Å². The number of aryl methyl sites for hydroxylation is 1. The molecule has 0 aliphatic rings. The third-order valence-corrected chi connectivity index (χ3v) is 3.00. The van der Waals surface area contributed by atoms with Crippen LogP contribution in [0, 0.1) is 6.92 Å². The van der Waals surface area contributed by atoms with E-state index >= 15 is 0 Å². The van der Waals surface area contributed by atoms with Gasteiger partial charge in [0.1, 0.15) is 11.5 Å². The summed E-state index contributed by atoms with van der Waals surface area (Å²) in [5.74, 6) is 1.51. The van der Waals surface area contributed by atoms with Crippen LogP contribution in [0.1, 0.15) is 18.4 Å². The van der Waals surface area contributed by atoms with Crippen molar-refractivity contribution in [3.63, 3.8) is 0 Å². The molecule has 0 spiro atoms. The van der Waals surface area contributed by atoms with E-state index in [1.54, 1.807) is 0 Å². The molecule has 0 atom stereocenters. The van der Waals surface area contributed by atoms with E-state index in [1.807, 2.05) is 55.5 Å². The molecule has 4 nitrogen and oxygen atoms in total. The maximum absolute atomic E-state index is 11.6. The highest BCUT2D eigenvalue weighted by Gasteiger charge is 2.02. The van der Waals surface area contributed by atoms with Crippen molar-refractivity contribution in [2.24, 2.45) is 5.73 Å². The average Bonchev–Trinajstić information content (AvgIpc) is 2.49. The number of carbonyl (C=O) groups is 1. The Morgan fingerprint density at radius 3 is 2.19 bits per heavy atom. The van der Waals surface area contributed by atoms with Gasteiger partial charge in [0.2, 0.25) is 5.91 Å². The number of amides is 1. The van der Waals surface area contributed by atoms with Crippen LogP contribution >= 0.6 is 0 Å². The first kappa shape index (κ1) is 15.1. The number of hydrogen-bond donors (Lipinski definition) is 2. The molecule has 21 heavy (non-hydrogen) atoms. The number of rotatable bonds is 6. The second kappa shape index (κ2) is 7.45. The molecule has 0 aliphatic heterocycles. The minimum atomic E-state index is -0.0207. The molecule has 4 heteroatoms. The van der Waals surface area contributed by atoms with Crippen LogP contribution in [0.5, 0.6) is 11.5 Å². The van der Waals surface area contributed by atoms with E-state index in [-0.39, 0.29) is 5.91 Å². The van der Waals surface area contributed by atoms with Crippen molar-refractivity contribution in [1.82, 2.24) is 0 Å². The minimum absolute atomic E-state index is 0.0207. The molecular formula is C17H20N2O2. The quantitative estimate of drug-likeness (QED) is 0.853. The lowest BCUT2D eigenvalue weighted by Crippen LogP contribution is -2.13. The molecule has 0 unspecified atom stereocenters. The standard InChI is InChI=1S/C17H20N2O2/c1-13-4-8-15(9-5-13)21-16-10-6-14(7-11-16)19-17(20)3-2-12-18/h4-11H,2-3,12,18H2,1H3,(H,19,20). The fourth-order valence-electron chi connectivity index (χ4n) is 1.83. The normalized spacial score (nSPS) is 10.2. The van der Waals surface area contributed by atoms with Gasteiger partial charge in [-0.15, -0.1) is 0 Å². The SMILES string of the molecule is Cc1ccc(Oc2ccc(NC(=O)CCCN)cc2)cc1. The zero-order valence-corrected chi connectivity index (χ0v) is 12.1. The highest BCUT2D eigenvalue weighted by Crippen LogP contribution is 2.23. The lowest BCUT2D eigenvalue weighted by Gasteiger charge is -2.08. The molecule has 0 saturated carbocycles. The highest BCUT2D eigenvalue weighted by molar-refractivity contribution is 5.90. The van der Waals surface area contributed by atoms with Crippen LogP contribution in [0.4, 0.5) is 5.69 Å². The van der Waals surface area contributed by atoms with Gasteiger partial charge in [-0.3, -0.25) is 4.79 Å². The van der Waals surface area contributed by atoms with Crippen molar-refractivity contribution in [3.8, 4) is 11.5 Å². The monoisotopic (exact) mass is 284 g/mol. The summed E-state index contributed by atoms with van der Waals surface area (Å²) < 4.78 is 5.73. The molecule has 2 aromatic carbocycles. The van der Waals surface area contributed by atoms with Gasteiger partial charge in [-0.25, -0.2) is 0 Å². The molecular weight excluding hydrogens is 264 g/mol. The smallest absolute Gasteiger partial charge is 0.224 e. The van der Waals surface area contributed by atoms with Gasteiger partial charge in [0.25, 0.3) is 0 Å². The second-order valence-electron chi connectivity index (χ2n) is 4.88. The fourth-order valence-corrected chi connectivity index (χ4v) is 1.83. The second-order valence-corrected chi connectivity index (χ2v) is 4.88. The first-order valence-electron chi connectivity index (χ1n) is 7.02. The van der Waals surface area contributed by atoms with E-state index in [0.717, 1.165) is 17.2 Å². The number of ether oxygens (including phenoxy) is 1. The first-order valence-corrected chi connectivity index (χ1v) is 7.02. The van der Waals surface area contributed by atoms with Crippen molar-refractivity contribution in [3.05, 3.63) is 54.1 Å². The molecule has 1 amide bonds. The summed E-state index contributed by atoms with van der Waals surface area (Å²) >= 11 is 0. The van der Waals surface area contributed by atoms with Crippen molar-refractivity contribution >= 4 is 11.6 Å². The van der Waals surface area contributed by atoms with Gasteiger partial charge in [-0.05, 0) is 56.3 Å². The van der Waals surface area contributed by atoms with Crippen LogP contribution in [-0.2, 0) is 4.79 Å². The van der Waals surface area contributed by atoms with Crippen LogP contribution in [0.3, 0.4) is 0 Å². The number of benzene rings is 2. The predicted molar refractivity (Wildman–Crippen MR) is 84.6 cm³/mol. The Balaban J connectivity index is 1.92. The third kappa shape index (κ3) is 4.93. The zero-order valence-electron chi connectivity index (χ0n) is 12.1. The van der Waals surface area contributed by atoms with E-state index in [2.05, 4.69) is 5.32 Å². The Bertz CT molecular complexity index is 577. The van der Waals surface area contributed by atoms with Crippen LogP contribution in [0.15, 0.2) is 48.5 Å². The topological polar surface area (TPSA) is 64.3 Å². The lowest BCUT2D eigenvalue weighted by molar-refractivity contribution is -0.116. The Kier molecular flexibility index (Phi) is 5.35. The molecule has 2 aromatic rings. The molecule has 110 valence electrons. The molecule has 0 heterocycles. The summed E-state index contributed by atoms with van der Waals surface area (Å²) in [6.45, 7) is 2.56. The van der Waals surface area contributed by atoms with E-state index in [1.165, 1.54) is 5.56 Å². The van der Waals surface area contributed by atoms with Gasteiger partial charge in [-0.2, -0.15) is 0 Å². The number of nitrogens with one attached hydrogen (secondary N) is 1. The Morgan fingerprint density at radius 2 is 1.62 bits per heavy atom. The zero-order chi connectivity index (χ0) is 15.1. The maximum Gasteiger partial charge on any atom is 0.224 e. The largest absolute Gasteiger partial charge is 0.457 e. The van der Waals surface area contributed by atoms with Gasteiger partial charge in [0.05, 0.1) is 0 Å². The van der Waals surface area contributed by atoms with Crippen molar-refractivity contribution in [2.75, 3.05) is 11.9 Å². The molecule has 0 radical (unpaired) electrons. The Morgan fingerprint density at radius 1 is 1.05 bits per heavy atom. The van der Waals surface area contributed by atoms with Crippen molar-refractivity contribution in [1.29, 1.82) is 0 Å². The Hall–Kier alpha value is -2.33. The third-order valence-electron chi connectivity index (χ3n) is 3.00. The maximum atomic E-state index is 11.6. The van der Waals surface area contributed by atoms with Crippen LogP contribution < -0.4 is 15.8 Å². The average molecular weight is 284 g/mol. The molecule has 0 aromatic heterocycles. The fraction of sp³-hybridized carbons (Fsp3) is 0.235. The summed E-state index contributed by atoms with van der Waals surface area (Å²) in [6.07, 6.45) is 1.14. The molecule has 2 rings (SSSR count). The molecule has 0 aliphatic carbocycles. The van der Waals surface area contributed by atoms with Gasteiger partial charge in [0.15, 0.2) is 0 Å². The molecule has 3 N–H and O–H groups in total. The molecule has 0 saturated heterocycles. The minimum Gasteiger partial charge on any atom is -0.457 e. The van der Waals surface area contributed by atoms with Gasteiger partial charge < -0.3 is 15.8 Å². The van der Waals surface area contributed by atoms with E-state index < -0.39 is 0 Å². The van der Waals surface area contributed by atoms with E-state index in [9.17, 15) is 4.79 Å². The Labute approximate surface area is 124 Å². The van der Waals surface area contributed by atoms with Crippen LogP contribution in [0.25, 0.3) is 0 Å². The lowest BCUT2D eigenvalue weighted by atomic mass is 10.2. The summed E-state index contributed by atoms with van der Waals surface area (Å²) in [6, 6.07) is 15.2. The molecule has 0 fully saturated rings. The van der Waals surface area contributed by atoms with Gasteiger partial charge >= 0.3 is 0 Å². The number of nitrogens with two attached hydrogens (primary N) is 1. The summed E-state index contributed by atoms with van der Waals surface area (Å²) in [5, 5.41) is 2.83. The van der Waals surface area contributed by atoms with Gasteiger partial charge in [0, 0.05) is 12.1 Å². The number of carbonyl (C=O) groups excluding carboxylic acids is 1. The predicted octanol–water partition coefficient (Wildman–Crippen LogP) is 3.46. The van der Waals surface area contributed by atoms with E-state index in [0.29, 0.717) is 19.4 Å². The number of anilines is 1. The highest BCUT2D eigenvalue weighted by atomic mass is 16.5. The van der Waals surface area contributed by atoms with Crippen LogP contribution in [0.2, 0.25) is 0 Å². The van der Waals surface area contributed by atoms with Crippen molar-refractivity contribution in [2.45, 2.75) is 19.8 Å².